The molecule has 0 bridgehead atoms. The Morgan fingerprint density at radius 2 is 0.867 bits per heavy atom. The summed E-state index contributed by atoms with van der Waals surface area (Å²) < 4.78 is 58.6. The maximum Gasteiger partial charge on any atom is 0.336 e. The van der Waals surface area contributed by atoms with Crippen molar-refractivity contribution in [2.75, 3.05) is 42.8 Å². The molecule has 2 aromatic heterocycles. The number of aliphatic hydroxyl groups is 10. The second-order valence-corrected chi connectivity index (χ2v) is 39.2. The van der Waals surface area contributed by atoms with Crippen LogP contribution in [0.2, 0.25) is 0 Å². The molecule has 6 heterocycles. The van der Waals surface area contributed by atoms with Gasteiger partial charge in [-0.15, -0.1) is 24.0 Å². The van der Waals surface area contributed by atoms with E-state index in [2.05, 4.69) is 81.0 Å². The average Bonchev–Trinajstić information content (AvgIpc) is 0.807. The van der Waals surface area contributed by atoms with E-state index in [1.54, 1.807) is 12.2 Å². The first kappa shape index (κ1) is 87.0. The summed E-state index contributed by atoms with van der Waals surface area (Å²) in [6, 6.07) is 12.9. The van der Waals surface area contributed by atoms with Gasteiger partial charge in [0.1, 0.15) is 109 Å². The molecule has 4 aliphatic rings. The van der Waals surface area contributed by atoms with Crippen LogP contribution < -0.4 is 43.5 Å². The molecule has 0 amide bonds. The van der Waals surface area contributed by atoms with Gasteiger partial charge in [0.2, 0.25) is 18.9 Å². The van der Waals surface area contributed by atoms with Crippen LogP contribution in [0.25, 0.3) is 28.0 Å². The van der Waals surface area contributed by atoms with Crippen LogP contribution in [0.1, 0.15) is 31.2 Å². The number of phenolic OH excluding ortho intramolecular Hbond substituents is 3. The van der Waals surface area contributed by atoms with Crippen molar-refractivity contribution >= 4 is 174 Å². The van der Waals surface area contributed by atoms with Crippen molar-refractivity contribution in [1.29, 1.82) is 0 Å². The van der Waals surface area contributed by atoms with Crippen molar-refractivity contribution in [3.8, 4) is 40.2 Å². The summed E-state index contributed by atoms with van der Waals surface area (Å²) in [6.45, 7) is 2.05. The number of ether oxygens (including phenoxy) is 9. The van der Waals surface area contributed by atoms with E-state index in [-0.39, 0.29) is 101 Å². The van der Waals surface area contributed by atoms with Gasteiger partial charge in [0.05, 0.1) is 32.3 Å². The van der Waals surface area contributed by atoms with Gasteiger partial charge in [-0.25, -0.2) is 9.59 Å². The summed E-state index contributed by atoms with van der Waals surface area (Å²) in [7, 11) is 0. The number of aliphatic carboxylic acids is 2. The number of phenols is 3. The fourth-order valence-corrected chi connectivity index (χ4v) is 10.4. The molecule has 0 radical (unpaired) electrons. The van der Waals surface area contributed by atoms with E-state index < -0.39 is 153 Å². The molecule has 32 nitrogen and oxygen atoms in total. The van der Waals surface area contributed by atoms with Gasteiger partial charge in [0.15, 0.2) is 34.5 Å². The Labute approximate surface area is 633 Å². The molecule has 3 saturated heterocycles. The zero-order chi connectivity index (χ0) is 71.8. The van der Waals surface area contributed by atoms with Gasteiger partial charge in [-0.3, -0.25) is 19.2 Å². The smallest absolute Gasteiger partial charge is 0.336 e. The first-order chi connectivity index (χ1) is 46.1. The van der Waals surface area contributed by atoms with Crippen LogP contribution in [-0.4, -0.2) is 235 Å². The molecule has 546 valence electrons. The van der Waals surface area contributed by atoms with Crippen LogP contribution in [0.4, 0.5) is 0 Å². The van der Waals surface area contributed by atoms with Crippen molar-refractivity contribution in [3.05, 3.63) is 105 Å². The predicted molar refractivity (Wildman–Crippen MR) is 386 cm³/mol. The Bertz CT molecular complexity index is 3550. The van der Waals surface area contributed by atoms with E-state index in [1.807, 2.05) is 0 Å². The number of hydrogen-bond donors (Lipinski definition) is 15. The monoisotopic (exact) mass is 2100 g/mol. The van der Waals surface area contributed by atoms with Gasteiger partial charge in [-0.05, 0) is 42.5 Å². The largest absolute Gasteiger partial charge is 0.504 e. The maximum absolute atomic E-state index is 12.4. The number of rotatable bonds is 23. The standard InChI is InChI=1S/C37H40O19S.C15H16O9.C6H10O4S.I3.I2.HI/c1-16-2-3-17-10-23(19(38)12-21(17)51-16)53-36-34(47)32(45)30(43)25(55-36)14-49-27(40)6-8-57-9-7-28(41)50-15-26-31(44)33(46)35(48)37(56-26)54-24-11-18-4-5-29(42)52-22(18)13-20(24)39;16-5-10-12(19)13(20)14(21)15(24-10)23-9-3-6-1-2-11(18)22-8(6)4-7(9)17;7-5(8)1-3-11-4-2-6(9)10;1-3-2;1-2;/h2-5,10-13,25-26,30-39,43-48H,1,6-9,14-15H2;1-4,10,12-17,19-21H,5H2;1-4H2,(H,7,8)(H,9,10);;;1H/q;;;-1;;. The number of allylic oxidation sites excluding steroid dienone is 1. The third-order valence-electron chi connectivity index (χ3n) is 13.7. The molecule has 40 heteroatoms. The van der Waals surface area contributed by atoms with Crippen molar-refractivity contribution in [2.45, 2.75) is 118 Å². The first-order valence-electron chi connectivity index (χ1n) is 28.2. The number of thioether (sulfide) groups is 2. The number of hydrogen-bond acceptors (Lipinski definition) is 32. The number of aliphatic hydroxyl groups excluding tert-OH is 10. The van der Waals surface area contributed by atoms with Crippen LogP contribution in [0, 0.1) is 0 Å². The number of fused-ring (bicyclic) bond motifs is 3. The fourth-order valence-electron chi connectivity index (χ4n) is 8.76. The van der Waals surface area contributed by atoms with Gasteiger partial charge < -0.3 is 128 Å². The Hall–Kier alpha value is -3.40. The number of carboxylic acids is 2. The Balaban J connectivity index is 0.000000406. The quantitative estimate of drug-likeness (QED) is 0.0181. The normalized spacial score (nSPS) is 25.2. The SMILES string of the molecule is C=C1C=Cc2cc(OC3OC(COC(=O)CCSCCC(=O)OCC4OC(Oc5cc6ccc(=O)oc6cc5O)C(O)C(O)C4O)C(O)C(O)C3O)c(O)cc2O1.I.II.I[I-]I.O=C(O)CCSCCC(=O)O.O=c1ccc2cc(OC3OC(CO)C(O)C(O)C3O)c(O)cc2o1. The number of esters is 2. The van der Waals surface area contributed by atoms with E-state index >= 15 is 0 Å². The molecule has 3 aromatic carbocycles. The molecule has 3 fully saturated rings. The van der Waals surface area contributed by atoms with E-state index in [0.717, 1.165) is 18.2 Å². The molecule has 4 aliphatic heterocycles. The molecule has 9 rings (SSSR count). The third kappa shape index (κ3) is 26.4. The topological polar surface area (TPSA) is 515 Å². The molecule has 15 N–H and O–H groups in total. The minimum atomic E-state index is -1.77. The van der Waals surface area contributed by atoms with Crippen LogP contribution in [0.5, 0.6) is 40.2 Å². The number of benzene rings is 3. The van der Waals surface area contributed by atoms with Crippen LogP contribution >= 0.6 is 122 Å². The predicted octanol–water partition coefficient (Wildman–Crippen LogP) is 0.307. The van der Waals surface area contributed by atoms with Crippen LogP contribution in [0.3, 0.4) is 0 Å². The number of carboxylic acid groups (broad SMARTS) is 2. The maximum atomic E-state index is 12.4. The summed E-state index contributed by atoms with van der Waals surface area (Å²) in [6.07, 6.45) is -20.2. The number of carbonyl (C=O) groups excluding carboxylic acids is 2. The van der Waals surface area contributed by atoms with Gasteiger partial charge in [-0.1, -0.05) is 6.58 Å². The van der Waals surface area contributed by atoms with Crippen molar-refractivity contribution in [1.82, 2.24) is 0 Å². The molecule has 0 aliphatic carbocycles. The summed E-state index contributed by atoms with van der Waals surface area (Å²) >= 11 is 12.1. The van der Waals surface area contributed by atoms with Gasteiger partial charge in [0, 0.05) is 107 Å². The first-order valence-corrected chi connectivity index (χ1v) is 49.4. The fraction of sp³-hybridized carbons (Fsp3) is 0.448. The summed E-state index contributed by atoms with van der Waals surface area (Å²) in [5.41, 5.74) is -0.483. The van der Waals surface area contributed by atoms with Crippen molar-refractivity contribution < 1.29 is 160 Å². The molecular weight excluding hydrogens is 2030 g/mol. The van der Waals surface area contributed by atoms with Crippen LogP contribution in [-0.2, 0) is 42.9 Å². The van der Waals surface area contributed by atoms with Crippen molar-refractivity contribution in [2.24, 2.45) is 0 Å². The molecule has 15 atom stereocenters. The average molecular weight is 2100 g/mol. The summed E-state index contributed by atoms with van der Waals surface area (Å²) in [5.74, 6) is -2.60. The molecule has 0 saturated carbocycles. The number of carbonyl (C=O) groups is 4. The molecule has 0 spiro atoms. The number of aromatic hydroxyl groups is 3. The Morgan fingerprint density at radius 1 is 0.510 bits per heavy atom. The zero-order valence-electron chi connectivity index (χ0n) is 50.3. The van der Waals surface area contributed by atoms with E-state index in [1.165, 1.54) is 66.0 Å². The Kier molecular flexibility index (Phi) is 38.8. The second kappa shape index (κ2) is 43.6. The summed E-state index contributed by atoms with van der Waals surface area (Å²) in [5, 5.41) is 149. The van der Waals surface area contributed by atoms with Crippen molar-refractivity contribution in [3.63, 3.8) is 0 Å². The van der Waals surface area contributed by atoms with Gasteiger partial charge in [0.25, 0.3) is 0 Å². The van der Waals surface area contributed by atoms with E-state index in [0.29, 0.717) is 52.6 Å². The van der Waals surface area contributed by atoms with Gasteiger partial charge >= 0.3 is 85.6 Å². The second-order valence-electron chi connectivity index (χ2n) is 20.5. The van der Waals surface area contributed by atoms with E-state index in [9.17, 15) is 90.0 Å². The Morgan fingerprint density at radius 3 is 1.26 bits per heavy atom. The van der Waals surface area contributed by atoms with Crippen LogP contribution in [0.15, 0.2) is 97.5 Å². The molecular formula is C58H67I6O32S2-. The third-order valence-corrected chi connectivity index (χ3v) is 15.7. The van der Waals surface area contributed by atoms with E-state index in [4.69, 9.17) is 66.8 Å². The molecule has 5 aromatic rings. The summed E-state index contributed by atoms with van der Waals surface area (Å²) in [4.78, 5) is 67.4. The number of halogens is 6. The van der Waals surface area contributed by atoms with Gasteiger partial charge in [-0.2, -0.15) is 23.5 Å². The zero-order valence-corrected chi connectivity index (χ0v) is 65.1. The molecule has 98 heavy (non-hydrogen) atoms. The minimum Gasteiger partial charge on any atom is -0.504 e. The minimum absolute atomic E-state index is 0. The molecule has 15 unspecified atom stereocenters.